The Morgan fingerprint density at radius 2 is 2.44 bits per heavy atom. The van der Waals surface area contributed by atoms with Gasteiger partial charge in [-0.2, -0.15) is 0 Å². The molecule has 0 radical (unpaired) electrons. The maximum absolute atomic E-state index is 9.09. The molecule has 1 saturated heterocycles. The van der Waals surface area contributed by atoms with Crippen molar-refractivity contribution in [3.63, 3.8) is 0 Å². The summed E-state index contributed by atoms with van der Waals surface area (Å²) in [4.78, 5) is 0. The first-order valence-electron chi connectivity index (χ1n) is 3.15. The van der Waals surface area contributed by atoms with Gasteiger partial charge in [-0.15, -0.1) is 11.8 Å². The Balaban J connectivity index is 2.23. The van der Waals surface area contributed by atoms with E-state index in [2.05, 4.69) is 0 Å². The summed E-state index contributed by atoms with van der Waals surface area (Å²) in [6.07, 6.45) is 2.17. The van der Waals surface area contributed by atoms with Gasteiger partial charge in [-0.05, 0) is 12.2 Å². The van der Waals surface area contributed by atoms with Gasteiger partial charge in [-0.25, -0.2) is 0 Å². The first-order valence-corrected chi connectivity index (χ1v) is 4.20. The molecule has 1 fully saturated rings. The Bertz CT molecular complexity index is 87.1. The Morgan fingerprint density at radius 1 is 1.67 bits per heavy atom. The molecule has 3 heteroatoms. The second kappa shape index (κ2) is 3.44. The number of rotatable bonds is 1. The molecule has 1 unspecified atom stereocenters. The minimum atomic E-state index is -0.191. The number of thioether (sulfide) groups is 1. The first kappa shape index (κ1) is 7.38. The Kier molecular flexibility index (Phi) is 2.82. The van der Waals surface area contributed by atoms with Crippen LogP contribution in [0.2, 0.25) is 0 Å². The van der Waals surface area contributed by atoms with Crippen molar-refractivity contribution in [1.82, 2.24) is 0 Å². The molecule has 0 bridgehead atoms. The minimum absolute atomic E-state index is 0.191. The first-order chi connectivity index (χ1) is 4.33. The smallest absolute Gasteiger partial charge is 0.102 e. The van der Waals surface area contributed by atoms with E-state index in [0.29, 0.717) is 6.10 Å². The lowest BCUT2D eigenvalue weighted by Crippen LogP contribution is -2.23. The van der Waals surface area contributed by atoms with Gasteiger partial charge in [0.05, 0.1) is 6.10 Å². The lowest BCUT2D eigenvalue weighted by atomic mass is 10.2. The van der Waals surface area contributed by atoms with Crippen LogP contribution >= 0.6 is 11.8 Å². The third kappa shape index (κ3) is 2.16. The van der Waals surface area contributed by atoms with E-state index in [1.54, 1.807) is 18.9 Å². The van der Waals surface area contributed by atoms with E-state index in [1.807, 2.05) is 0 Å². The molecule has 2 atom stereocenters. The quantitative estimate of drug-likeness (QED) is 0.597. The molecule has 0 aromatic rings. The van der Waals surface area contributed by atoms with Crippen LogP contribution in [0.3, 0.4) is 0 Å². The van der Waals surface area contributed by atoms with Crippen LogP contribution in [0, 0.1) is 0 Å². The highest BCUT2D eigenvalue weighted by Gasteiger charge is 2.19. The van der Waals surface area contributed by atoms with E-state index in [4.69, 9.17) is 9.84 Å². The van der Waals surface area contributed by atoms with Crippen LogP contribution in [-0.2, 0) is 4.74 Å². The summed E-state index contributed by atoms with van der Waals surface area (Å²) in [5.74, 6) is 1.03. The zero-order valence-corrected chi connectivity index (χ0v) is 6.36. The van der Waals surface area contributed by atoms with Crippen molar-refractivity contribution < 1.29 is 9.84 Å². The fourth-order valence-electron chi connectivity index (χ4n) is 0.960. The maximum atomic E-state index is 9.09. The molecule has 9 heavy (non-hydrogen) atoms. The molecule has 1 rings (SSSR count). The van der Waals surface area contributed by atoms with Gasteiger partial charge < -0.3 is 9.84 Å². The average Bonchev–Trinajstić information content (AvgIpc) is 1.88. The van der Waals surface area contributed by atoms with Crippen LogP contribution < -0.4 is 0 Å². The molecule has 0 spiro atoms. The van der Waals surface area contributed by atoms with Crippen LogP contribution in [0.1, 0.15) is 12.8 Å². The molecule has 1 heterocycles. The van der Waals surface area contributed by atoms with Crippen LogP contribution in [0.4, 0.5) is 0 Å². The normalized spacial score (nSPS) is 36.7. The fraction of sp³-hybridized carbons (Fsp3) is 1.00. The highest BCUT2D eigenvalue weighted by atomic mass is 32.2. The molecule has 0 amide bonds. The summed E-state index contributed by atoms with van der Waals surface area (Å²) in [6.45, 7) is 0. The Labute approximate surface area is 59.6 Å². The second-order valence-electron chi connectivity index (χ2n) is 2.21. The van der Waals surface area contributed by atoms with Crippen molar-refractivity contribution in [2.75, 3.05) is 12.9 Å². The standard InChI is InChI=1S/C6H12O2S/c1-8-5-2-3-9-6(7)4-5/h5-7H,2-4H2,1H3/t5?,6-/m0/s1. The molecule has 1 aliphatic rings. The molecule has 1 N–H and O–H groups in total. The van der Waals surface area contributed by atoms with E-state index in [0.717, 1.165) is 18.6 Å². The van der Waals surface area contributed by atoms with Gasteiger partial charge >= 0.3 is 0 Å². The second-order valence-corrected chi connectivity index (χ2v) is 3.49. The summed E-state index contributed by atoms with van der Waals surface area (Å²) < 4.78 is 5.09. The fourth-order valence-corrected chi connectivity index (χ4v) is 1.98. The van der Waals surface area contributed by atoms with Crippen molar-refractivity contribution in [3.8, 4) is 0 Å². The Morgan fingerprint density at radius 3 is 2.89 bits per heavy atom. The van der Waals surface area contributed by atoms with E-state index in [9.17, 15) is 0 Å². The molecule has 0 saturated carbocycles. The summed E-state index contributed by atoms with van der Waals surface area (Å²) in [5.41, 5.74) is -0.191. The third-order valence-corrected chi connectivity index (χ3v) is 2.60. The van der Waals surface area contributed by atoms with Crippen molar-refractivity contribution in [1.29, 1.82) is 0 Å². The summed E-state index contributed by atoms with van der Waals surface area (Å²) >= 11 is 1.61. The van der Waals surface area contributed by atoms with Gasteiger partial charge in [0.15, 0.2) is 0 Å². The Hall–Kier alpha value is 0.270. The number of aliphatic hydroxyl groups is 1. The zero-order chi connectivity index (χ0) is 6.69. The maximum Gasteiger partial charge on any atom is 0.102 e. The van der Waals surface area contributed by atoms with Crippen molar-refractivity contribution in [2.45, 2.75) is 24.4 Å². The van der Waals surface area contributed by atoms with E-state index >= 15 is 0 Å². The van der Waals surface area contributed by atoms with Crippen LogP contribution in [-0.4, -0.2) is 29.5 Å². The number of methoxy groups -OCH3 is 1. The minimum Gasteiger partial charge on any atom is -0.382 e. The SMILES string of the molecule is COC1CCS[C@H](O)C1. The lowest BCUT2D eigenvalue weighted by molar-refractivity contribution is 0.0633. The van der Waals surface area contributed by atoms with Gasteiger partial charge in [0.2, 0.25) is 0 Å². The number of hydrogen-bond acceptors (Lipinski definition) is 3. The van der Waals surface area contributed by atoms with E-state index < -0.39 is 0 Å². The van der Waals surface area contributed by atoms with Crippen LogP contribution in [0.15, 0.2) is 0 Å². The van der Waals surface area contributed by atoms with Gasteiger partial charge in [0.1, 0.15) is 5.44 Å². The van der Waals surface area contributed by atoms with E-state index in [1.165, 1.54) is 0 Å². The molecule has 0 aromatic heterocycles. The lowest BCUT2D eigenvalue weighted by Gasteiger charge is -2.23. The predicted molar refractivity (Wildman–Crippen MR) is 38.5 cm³/mol. The van der Waals surface area contributed by atoms with Gasteiger partial charge in [-0.3, -0.25) is 0 Å². The highest BCUT2D eigenvalue weighted by molar-refractivity contribution is 7.99. The number of ether oxygens (including phenoxy) is 1. The molecule has 54 valence electrons. The monoisotopic (exact) mass is 148 g/mol. The molecule has 2 nitrogen and oxygen atoms in total. The number of hydrogen-bond donors (Lipinski definition) is 1. The van der Waals surface area contributed by atoms with Crippen molar-refractivity contribution >= 4 is 11.8 Å². The van der Waals surface area contributed by atoms with E-state index in [-0.39, 0.29) is 5.44 Å². The summed E-state index contributed by atoms with van der Waals surface area (Å²) in [6, 6.07) is 0. The zero-order valence-electron chi connectivity index (χ0n) is 5.54. The summed E-state index contributed by atoms with van der Waals surface area (Å²) in [7, 11) is 1.70. The largest absolute Gasteiger partial charge is 0.382 e. The van der Waals surface area contributed by atoms with Gasteiger partial charge in [-0.1, -0.05) is 0 Å². The molecular weight excluding hydrogens is 136 g/mol. The molecule has 1 aliphatic heterocycles. The number of aliphatic hydroxyl groups excluding tert-OH is 1. The van der Waals surface area contributed by atoms with Crippen LogP contribution in [0.25, 0.3) is 0 Å². The van der Waals surface area contributed by atoms with Gasteiger partial charge in [0, 0.05) is 13.5 Å². The van der Waals surface area contributed by atoms with Crippen molar-refractivity contribution in [2.24, 2.45) is 0 Å². The molecular formula is C6H12O2S. The molecule has 0 aromatic carbocycles. The van der Waals surface area contributed by atoms with Crippen LogP contribution in [0.5, 0.6) is 0 Å². The topological polar surface area (TPSA) is 29.5 Å². The third-order valence-electron chi connectivity index (χ3n) is 1.55. The highest BCUT2D eigenvalue weighted by Crippen LogP contribution is 2.24. The van der Waals surface area contributed by atoms with Gasteiger partial charge in [0.25, 0.3) is 0 Å². The average molecular weight is 148 g/mol. The molecule has 0 aliphatic carbocycles. The van der Waals surface area contributed by atoms with Crippen molar-refractivity contribution in [3.05, 3.63) is 0 Å². The summed E-state index contributed by atoms with van der Waals surface area (Å²) in [5, 5.41) is 9.09. The predicted octanol–water partition coefficient (Wildman–Crippen LogP) is 0.847.